The fraction of sp³-hybridized carbons (Fsp3) is 0.917. The van der Waals surface area contributed by atoms with Gasteiger partial charge in [-0.1, -0.05) is 12.8 Å². The summed E-state index contributed by atoms with van der Waals surface area (Å²) in [4.78, 5) is 12.0. The normalized spacial score (nSPS) is 18.6. The molecule has 0 aromatic heterocycles. The second-order valence-corrected chi connectivity index (χ2v) is 4.50. The molecule has 0 radical (unpaired) electrons. The van der Waals surface area contributed by atoms with Gasteiger partial charge in [-0.25, -0.2) is 0 Å². The number of rotatable bonds is 7. The van der Waals surface area contributed by atoms with Gasteiger partial charge in [-0.05, 0) is 26.2 Å². The molecule has 4 heteroatoms. The Hall–Kier alpha value is -0.610. The lowest BCUT2D eigenvalue weighted by Crippen LogP contribution is -2.44. The van der Waals surface area contributed by atoms with E-state index >= 15 is 0 Å². The van der Waals surface area contributed by atoms with Crippen molar-refractivity contribution >= 4 is 5.91 Å². The van der Waals surface area contributed by atoms with Crippen molar-refractivity contribution < 1.29 is 9.53 Å². The average molecular weight is 228 g/mol. The zero-order valence-corrected chi connectivity index (χ0v) is 10.3. The van der Waals surface area contributed by atoms with Gasteiger partial charge in [0.2, 0.25) is 5.91 Å². The summed E-state index contributed by atoms with van der Waals surface area (Å²) in [7, 11) is 0. The number of hydrogen-bond donors (Lipinski definition) is 2. The van der Waals surface area contributed by atoms with Gasteiger partial charge in [0.15, 0.2) is 0 Å². The fourth-order valence-electron chi connectivity index (χ4n) is 2.28. The van der Waals surface area contributed by atoms with Crippen LogP contribution in [0.25, 0.3) is 0 Å². The first-order valence-electron chi connectivity index (χ1n) is 6.31. The maximum atomic E-state index is 12.0. The van der Waals surface area contributed by atoms with Crippen molar-refractivity contribution in [2.45, 2.75) is 39.0 Å². The predicted octanol–water partition coefficient (Wildman–Crippen LogP) is 1.05. The van der Waals surface area contributed by atoms with Crippen molar-refractivity contribution in [2.24, 2.45) is 11.1 Å². The molecule has 1 fully saturated rings. The third-order valence-corrected chi connectivity index (χ3v) is 3.39. The maximum Gasteiger partial charge on any atom is 0.227 e. The highest BCUT2D eigenvalue weighted by Crippen LogP contribution is 2.37. The molecule has 94 valence electrons. The summed E-state index contributed by atoms with van der Waals surface area (Å²) in [5, 5.41) is 2.98. The van der Waals surface area contributed by atoms with Crippen molar-refractivity contribution in [3.8, 4) is 0 Å². The summed E-state index contributed by atoms with van der Waals surface area (Å²) >= 11 is 0. The van der Waals surface area contributed by atoms with E-state index in [9.17, 15) is 4.79 Å². The number of nitrogens with one attached hydrogen (secondary N) is 1. The Morgan fingerprint density at radius 3 is 2.69 bits per heavy atom. The quantitative estimate of drug-likeness (QED) is 0.640. The molecule has 3 N–H and O–H groups in total. The lowest BCUT2D eigenvalue weighted by Gasteiger charge is -2.25. The van der Waals surface area contributed by atoms with Gasteiger partial charge in [-0.3, -0.25) is 4.79 Å². The Morgan fingerprint density at radius 1 is 1.44 bits per heavy atom. The van der Waals surface area contributed by atoms with E-state index in [1.165, 1.54) is 0 Å². The highest BCUT2D eigenvalue weighted by molar-refractivity contribution is 5.83. The van der Waals surface area contributed by atoms with E-state index in [1.807, 2.05) is 6.92 Å². The first-order valence-corrected chi connectivity index (χ1v) is 6.31. The van der Waals surface area contributed by atoms with Gasteiger partial charge < -0.3 is 15.8 Å². The number of amides is 1. The van der Waals surface area contributed by atoms with Crippen LogP contribution >= 0.6 is 0 Å². The third-order valence-electron chi connectivity index (χ3n) is 3.39. The van der Waals surface area contributed by atoms with Gasteiger partial charge in [0.25, 0.3) is 0 Å². The Labute approximate surface area is 97.9 Å². The van der Waals surface area contributed by atoms with Crippen molar-refractivity contribution in [2.75, 3.05) is 26.3 Å². The van der Waals surface area contributed by atoms with E-state index in [2.05, 4.69) is 5.32 Å². The largest absolute Gasteiger partial charge is 0.382 e. The second kappa shape index (κ2) is 6.86. The van der Waals surface area contributed by atoms with E-state index in [0.29, 0.717) is 19.7 Å². The molecule has 1 saturated carbocycles. The molecule has 4 nitrogen and oxygen atoms in total. The minimum Gasteiger partial charge on any atom is -0.382 e. The van der Waals surface area contributed by atoms with Crippen molar-refractivity contribution in [1.29, 1.82) is 0 Å². The van der Waals surface area contributed by atoms with Crippen LogP contribution in [0, 0.1) is 5.41 Å². The Morgan fingerprint density at radius 2 is 2.12 bits per heavy atom. The summed E-state index contributed by atoms with van der Waals surface area (Å²) in [6, 6.07) is 0. The van der Waals surface area contributed by atoms with E-state index in [-0.39, 0.29) is 11.3 Å². The van der Waals surface area contributed by atoms with Gasteiger partial charge in [0.05, 0.1) is 5.41 Å². The van der Waals surface area contributed by atoms with Gasteiger partial charge in [0.1, 0.15) is 0 Å². The number of nitrogens with two attached hydrogens (primary N) is 1. The van der Waals surface area contributed by atoms with Crippen LogP contribution in [-0.4, -0.2) is 32.2 Å². The lowest BCUT2D eigenvalue weighted by molar-refractivity contribution is -0.130. The summed E-state index contributed by atoms with van der Waals surface area (Å²) in [6.07, 6.45) is 5.02. The zero-order chi connectivity index (χ0) is 11.9. The molecule has 0 heterocycles. The molecule has 1 amide bonds. The number of hydrogen-bond acceptors (Lipinski definition) is 3. The first-order chi connectivity index (χ1) is 7.75. The average Bonchev–Trinajstić information content (AvgIpc) is 2.78. The van der Waals surface area contributed by atoms with E-state index in [4.69, 9.17) is 10.5 Å². The number of carbonyl (C=O) groups is 1. The van der Waals surface area contributed by atoms with Crippen LogP contribution in [0.4, 0.5) is 0 Å². The Balaban J connectivity index is 2.22. The van der Waals surface area contributed by atoms with Crippen molar-refractivity contribution in [1.82, 2.24) is 5.32 Å². The Kier molecular flexibility index (Phi) is 5.77. The molecule has 0 saturated heterocycles. The molecular weight excluding hydrogens is 204 g/mol. The monoisotopic (exact) mass is 228 g/mol. The summed E-state index contributed by atoms with van der Waals surface area (Å²) < 4.78 is 5.22. The van der Waals surface area contributed by atoms with Gasteiger partial charge in [-0.15, -0.1) is 0 Å². The molecule has 1 aliphatic carbocycles. The van der Waals surface area contributed by atoms with Crippen LogP contribution in [0.1, 0.15) is 39.0 Å². The van der Waals surface area contributed by atoms with Crippen molar-refractivity contribution in [3.05, 3.63) is 0 Å². The Bertz CT molecular complexity index is 213. The highest BCUT2D eigenvalue weighted by Gasteiger charge is 2.39. The van der Waals surface area contributed by atoms with E-state index in [1.54, 1.807) is 0 Å². The van der Waals surface area contributed by atoms with Crippen LogP contribution in [0.15, 0.2) is 0 Å². The molecule has 1 aliphatic rings. The van der Waals surface area contributed by atoms with Crippen molar-refractivity contribution in [3.63, 3.8) is 0 Å². The minimum absolute atomic E-state index is 0.143. The van der Waals surface area contributed by atoms with Crippen LogP contribution in [-0.2, 0) is 9.53 Å². The van der Waals surface area contributed by atoms with Crippen LogP contribution in [0.2, 0.25) is 0 Å². The van der Waals surface area contributed by atoms with E-state index < -0.39 is 0 Å². The van der Waals surface area contributed by atoms with E-state index in [0.717, 1.165) is 38.7 Å². The standard InChI is InChI=1S/C12H24N2O2/c1-2-16-9-5-8-14-11(15)12(10-13)6-3-4-7-12/h2-10,13H2,1H3,(H,14,15). The smallest absolute Gasteiger partial charge is 0.227 e. The predicted molar refractivity (Wildman–Crippen MR) is 64.1 cm³/mol. The zero-order valence-electron chi connectivity index (χ0n) is 10.3. The van der Waals surface area contributed by atoms with Gasteiger partial charge in [0, 0.05) is 26.3 Å². The first kappa shape index (κ1) is 13.5. The second-order valence-electron chi connectivity index (χ2n) is 4.50. The lowest BCUT2D eigenvalue weighted by atomic mass is 9.85. The molecule has 0 bridgehead atoms. The SMILES string of the molecule is CCOCCCNC(=O)C1(CN)CCCC1. The number of ether oxygens (including phenoxy) is 1. The third kappa shape index (κ3) is 3.46. The fourth-order valence-corrected chi connectivity index (χ4v) is 2.28. The maximum absolute atomic E-state index is 12.0. The van der Waals surface area contributed by atoms with Gasteiger partial charge >= 0.3 is 0 Å². The van der Waals surface area contributed by atoms with Gasteiger partial charge in [-0.2, -0.15) is 0 Å². The minimum atomic E-state index is -0.272. The van der Waals surface area contributed by atoms with Crippen LogP contribution in [0.3, 0.4) is 0 Å². The molecule has 0 atom stereocenters. The molecule has 0 unspecified atom stereocenters. The molecule has 0 spiro atoms. The molecule has 16 heavy (non-hydrogen) atoms. The summed E-state index contributed by atoms with van der Waals surface area (Å²) in [6.45, 7) is 4.60. The van der Waals surface area contributed by atoms with Crippen LogP contribution in [0.5, 0.6) is 0 Å². The van der Waals surface area contributed by atoms with Crippen LogP contribution < -0.4 is 11.1 Å². The summed E-state index contributed by atoms with van der Waals surface area (Å²) in [5.41, 5.74) is 5.46. The molecule has 0 aromatic rings. The molecule has 1 rings (SSSR count). The number of carbonyl (C=O) groups excluding carboxylic acids is 1. The summed E-state index contributed by atoms with van der Waals surface area (Å²) in [5.74, 6) is 0.143. The molecular formula is C12H24N2O2. The molecule has 0 aromatic carbocycles. The topological polar surface area (TPSA) is 64.3 Å². The highest BCUT2D eigenvalue weighted by atomic mass is 16.5. The molecule has 0 aliphatic heterocycles.